The molecule has 3 heterocycles. The zero-order valence-corrected chi connectivity index (χ0v) is 19.1. The highest BCUT2D eigenvalue weighted by molar-refractivity contribution is 5.95. The summed E-state index contributed by atoms with van der Waals surface area (Å²) in [6.07, 6.45) is 3.33. The molecular formula is C24H28F3N5O2. The maximum Gasteiger partial charge on any atom is 0.573 e. The predicted octanol–water partition coefficient (Wildman–Crippen LogP) is 4.18. The number of carbonyl (C=O) groups excluding carboxylic acids is 1. The average molecular weight is 476 g/mol. The van der Waals surface area contributed by atoms with Gasteiger partial charge in [0, 0.05) is 32.0 Å². The van der Waals surface area contributed by atoms with Gasteiger partial charge in [0.2, 0.25) is 5.95 Å². The number of carbonyl (C=O) groups is 1. The van der Waals surface area contributed by atoms with Crippen LogP contribution in [-0.4, -0.2) is 64.3 Å². The molecule has 2 aliphatic heterocycles. The normalized spacial score (nSPS) is 23.0. The minimum absolute atomic E-state index is 0.0563. The second kappa shape index (κ2) is 8.72. The summed E-state index contributed by atoms with van der Waals surface area (Å²) in [7, 11) is 2.09. The lowest BCUT2D eigenvalue weighted by Crippen LogP contribution is -2.68. The molecule has 0 bridgehead atoms. The molecule has 7 nitrogen and oxygen atoms in total. The standard InChI is InChI=1S/C24H28F3N5O2/c1-31-7-2-5-23(15-31)6-8-32(23)21(33)19-13-29-22(30-14-19)28-12-16-9-18(17-3-4-17)11-20(10-16)34-24(25,26)27/h9-11,13-14,17H,2-8,12,15H2,1H3,(H,28,29,30). The Hall–Kier alpha value is -2.88. The number of anilines is 1. The summed E-state index contributed by atoms with van der Waals surface area (Å²) in [4.78, 5) is 25.8. The van der Waals surface area contributed by atoms with E-state index in [9.17, 15) is 18.0 Å². The number of nitrogens with one attached hydrogen (secondary N) is 1. The average Bonchev–Trinajstić information content (AvgIpc) is 3.61. The van der Waals surface area contributed by atoms with E-state index in [-0.39, 0.29) is 29.7 Å². The van der Waals surface area contributed by atoms with Crippen molar-refractivity contribution in [1.82, 2.24) is 19.8 Å². The van der Waals surface area contributed by atoms with Crippen LogP contribution in [0.2, 0.25) is 0 Å². The molecule has 1 aromatic heterocycles. The Balaban J connectivity index is 1.23. The number of halogens is 3. The Morgan fingerprint density at radius 2 is 1.94 bits per heavy atom. The number of alkyl halides is 3. The van der Waals surface area contributed by atoms with Gasteiger partial charge in [-0.05, 0) is 74.9 Å². The molecule has 1 aliphatic carbocycles. The van der Waals surface area contributed by atoms with Crippen LogP contribution in [0.4, 0.5) is 19.1 Å². The number of likely N-dealkylation sites (N-methyl/N-ethyl adjacent to an activating group) is 1. The van der Waals surface area contributed by atoms with Crippen molar-refractivity contribution in [3.05, 3.63) is 47.3 Å². The van der Waals surface area contributed by atoms with Gasteiger partial charge in [-0.1, -0.05) is 6.07 Å². The van der Waals surface area contributed by atoms with Crippen LogP contribution < -0.4 is 10.1 Å². The second-order valence-corrected chi connectivity index (χ2v) is 9.65. The molecule has 1 amide bonds. The van der Waals surface area contributed by atoms with E-state index in [4.69, 9.17) is 0 Å². The highest BCUT2D eigenvalue weighted by atomic mass is 19.4. The van der Waals surface area contributed by atoms with Gasteiger partial charge in [0.1, 0.15) is 5.75 Å². The minimum atomic E-state index is -4.74. The Labute approximate surface area is 196 Å². The summed E-state index contributed by atoms with van der Waals surface area (Å²) in [6.45, 7) is 2.93. The lowest BCUT2D eigenvalue weighted by atomic mass is 9.77. The van der Waals surface area contributed by atoms with E-state index >= 15 is 0 Å². The molecule has 0 radical (unpaired) electrons. The smallest absolute Gasteiger partial charge is 0.406 e. The molecule has 1 spiro atoms. The second-order valence-electron chi connectivity index (χ2n) is 9.65. The first-order valence-corrected chi connectivity index (χ1v) is 11.7. The zero-order valence-electron chi connectivity index (χ0n) is 19.1. The van der Waals surface area contributed by atoms with Gasteiger partial charge in [-0.3, -0.25) is 4.79 Å². The quantitative estimate of drug-likeness (QED) is 0.676. The molecule has 182 valence electrons. The molecule has 3 fully saturated rings. The van der Waals surface area contributed by atoms with Crippen LogP contribution in [0.1, 0.15) is 59.5 Å². The van der Waals surface area contributed by atoms with Crippen LogP contribution in [0.15, 0.2) is 30.6 Å². The summed E-state index contributed by atoms with van der Waals surface area (Å²) >= 11 is 0. The van der Waals surface area contributed by atoms with Crippen LogP contribution in [-0.2, 0) is 6.54 Å². The number of piperidine rings is 1. The summed E-state index contributed by atoms with van der Waals surface area (Å²) in [6, 6.07) is 4.71. The molecule has 10 heteroatoms. The SMILES string of the molecule is CN1CCCC2(CCN2C(=O)c2cnc(NCc3cc(OC(F)(F)F)cc(C4CC4)c3)nc2)C1. The molecule has 2 saturated heterocycles. The Morgan fingerprint density at radius 1 is 1.18 bits per heavy atom. The predicted molar refractivity (Wildman–Crippen MR) is 120 cm³/mol. The molecule has 1 aromatic carbocycles. The highest BCUT2D eigenvalue weighted by Gasteiger charge is 2.49. The number of ether oxygens (including phenoxy) is 1. The molecule has 1 unspecified atom stereocenters. The number of hydrogen-bond acceptors (Lipinski definition) is 6. The van der Waals surface area contributed by atoms with E-state index in [1.807, 2.05) is 11.0 Å². The Kier molecular flexibility index (Phi) is 5.87. The molecule has 1 saturated carbocycles. The maximum atomic E-state index is 13.1. The first kappa shape index (κ1) is 22.9. The fraction of sp³-hybridized carbons (Fsp3) is 0.542. The third-order valence-electron chi connectivity index (χ3n) is 6.99. The minimum Gasteiger partial charge on any atom is -0.406 e. The molecule has 1 N–H and O–H groups in total. The Morgan fingerprint density at radius 3 is 2.56 bits per heavy atom. The lowest BCUT2D eigenvalue weighted by Gasteiger charge is -2.56. The van der Waals surface area contributed by atoms with Crippen molar-refractivity contribution >= 4 is 11.9 Å². The first-order chi connectivity index (χ1) is 16.2. The van der Waals surface area contributed by atoms with Gasteiger partial charge in [-0.2, -0.15) is 0 Å². The highest BCUT2D eigenvalue weighted by Crippen LogP contribution is 2.42. The van der Waals surface area contributed by atoms with Crippen LogP contribution in [0, 0.1) is 0 Å². The third kappa shape index (κ3) is 4.96. The van der Waals surface area contributed by atoms with Crippen molar-refractivity contribution in [1.29, 1.82) is 0 Å². The van der Waals surface area contributed by atoms with Gasteiger partial charge in [-0.25, -0.2) is 9.97 Å². The van der Waals surface area contributed by atoms with Crippen LogP contribution in [0.3, 0.4) is 0 Å². The van der Waals surface area contributed by atoms with Gasteiger partial charge in [0.05, 0.1) is 11.1 Å². The van der Waals surface area contributed by atoms with Gasteiger partial charge in [0.25, 0.3) is 5.91 Å². The number of hydrogen-bond donors (Lipinski definition) is 1. The Bertz CT molecular complexity index is 1060. The van der Waals surface area contributed by atoms with Gasteiger partial charge < -0.3 is 19.9 Å². The fourth-order valence-electron chi connectivity index (χ4n) is 5.12. The topological polar surface area (TPSA) is 70.6 Å². The maximum absolute atomic E-state index is 13.1. The number of aromatic nitrogens is 2. The molecule has 5 rings (SSSR count). The van der Waals surface area contributed by atoms with Crippen molar-refractivity contribution in [2.24, 2.45) is 0 Å². The summed E-state index contributed by atoms with van der Waals surface area (Å²) in [5.74, 6) is 0.319. The van der Waals surface area contributed by atoms with Crippen molar-refractivity contribution in [3.63, 3.8) is 0 Å². The van der Waals surface area contributed by atoms with Gasteiger partial charge in [0.15, 0.2) is 0 Å². The zero-order chi connectivity index (χ0) is 23.9. The summed E-state index contributed by atoms with van der Waals surface area (Å²) in [5.41, 5.74) is 1.85. The number of nitrogens with zero attached hydrogens (tertiary/aromatic N) is 4. The number of benzene rings is 1. The fourth-order valence-corrected chi connectivity index (χ4v) is 5.12. The van der Waals surface area contributed by atoms with E-state index in [1.54, 1.807) is 0 Å². The number of amides is 1. The largest absolute Gasteiger partial charge is 0.573 e. The molecular weight excluding hydrogens is 447 g/mol. The van der Waals surface area contributed by atoms with Crippen LogP contribution >= 0.6 is 0 Å². The number of likely N-dealkylation sites (tertiary alicyclic amines) is 2. The molecule has 34 heavy (non-hydrogen) atoms. The van der Waals surface area contributed by atoms with E-state index in [2.05, 4.69) is 32.0 Å². The van der Waals surface area contributed by atoms with E-state index in [1.165, 1.54) is 24.5 Å². The van der Waals surface area contributed by atoms with Crippen molar-refractivity contribution in [2.45, 2.75) is 56.5 Å². The van der Waals surface area contributed by atoms with Crippen molar-refractivity contribution in [2.75, 3.05) is 32.0 Å². The third-order valence-corrected chi connectivity index (χ3v) is 6.99. The summed E-state index contributed by atoms with van der Waals surface area (Å²) < 4.78 is 42.3. The first-order valence-electron chi connectivity index (χ1n) is 11.7. The molecule has 3 aliphatic rings. The van der Waals surface area contributed by atoms with Crippen LogP contribution in [0.5, 0.6) is 5.75 Å². The lowest BCUT2D eigenvalue weighted by molar-refractivity contribution is -0.274. The van der Waals surface area contributed by atoms with Gasteiger partial charge in [-0.15, -0.1) is 13.2 Å². The van der Waals surface area contributed by atoms with E-state index < -0.39 is 6.36 Å². The molecule has 1 atom stereocenters. The van der Waals surface area contributed by atoms with E-state index in [0.29, 0.717) is 17.1 Å². The van der Waals surface area contributed by atoms with Gasteiger partial charge >= 0.3 is 6.36 Å². The summed E-state index contributed by atoms with van der Waals surface area (Å²) in [5, 5.41) is 3.03. The van der Waals surface area contributed by atoms with Crippen LogP contribution in [0.25, 0.3) is 0 Å². The molecule has 2 aromatic rings. The monoisotopic (exact) mass is 475 g/mol. The van der Waals surface area contributed by atoms with E-state index in [0.717, 1.165) is 57.3 Å². The van der Waals surface area contributed by atoms with Crippen molar-refractivity contribution < 1.29 is 22.7 Å². The van der Waals surface area contributed by atoms with Crippen molar-refractivity contribution in [3.8, 4) is 5.75 Å². The number of rotatable bonds is 6.